The molecule has 4 nitrogen and oxygen atoms in total. The van der Waals surface area contributed by atoms with Gasteiger partial charge >= 0.3 is 0 Å². The van der Waals surface area contributed by atoms with Crippen molar-refractivity contribution in [2.45, 2.75) is 88.9 Å². The third-order valence-electron chi connectivity index (χ3n) is 11.6. The number of nitrogens with zero attached hydrogens (tertiary/aromatic N) is 2. The van der Waals surface area contributed by atoms with Crippen LogP contribution < -0.4 is 0 Å². The summed E-state index contributed by atoms with van der Waals surface area (Å²) >= 11 is 2.03. The minimum Gasteiger partial charge on any atom is -0.274 e. The molecule has 0 radical (unpaired) electrons. The molecule has 1 unspecified atom stereocenters. The van der Waals surface area contributed by atoms with Crippen molar-refractivity contribution in [3.05, 3.63) is 27.0 Å². The highest BCUT2D eigenvalue weighted by Gasteiger charge is 2.86. The summed E-state index contributed by atoms with van der Waals surface area (Å²) in [5.41, 5.74) is 3.23. The second-order valence-electron chi connectivity index (χ2n) is 12.9. The van der Waals surface area contributed by atoms with Crippen LogP contribution in [0.1, 0.15) is 98.8 Å². The molecule has 4 bridgehead atoms. The average Bonchev–Trinajstić information content (AvgIpc) is 3.36. The Morgan fingerprint density at radius 1 is 1.09 bits per heavy atom. The Kier molecular flexibility index (Phi) is 3.73. The molecule has 11 rings (SSSR count). The summed E-state index contributed by atoms with van der Waals surface area (Å²) in [6.45, 7) is 1.97. The smallest absolute Gasteiger partial charge is 0.258 e. The first-order valence-electron chi connectivity index (χ1n) is 13.5. The number of hydrogen-bond donors (Lipinski definition) is 0. The zero-order valence-corrected chi connectivity index (χ0v) is 20.8. The van der Waals surface area contributed by atoms with Crippen LogP contribution in [0.4, 0.5) is 0 Å². The fourth-order valence-corrected chi connectivity index (χ4v) is 13.1. The standard InChI is InChI=1S/C29H32N2O2S/c1-16-20-10-21(19-5-3-2-4-6-19)34-24(20)29(23-22(16)25(32)31(8-7-30)26(23)33)27-11-17-9-18(13-27)14-28(29,12-17)15-27/h10,17-19,23H,2-6,8-9,11-15H2,1H3. The second kappa shape index (κ2) is 6.25. The first kappa shape index (κ1) is 20.3. The lowest BCUT2D eigenvalue weighted by Gasteiger charge is -2.84. The van der Waals surface area contributed by atoms with Gasteiger partial charge in [-0.1, -0.05) is 19.3 Å². The Hall–Kier alpha value is -1.93. The van der Waals surface area contributed by atoms with E-state index in [1.807, 2.05) is 11.3 Å². The molecule has 3 spiro atoms. The van der Waals surface area contributed by atoms with Crippen molar-refractivity contribution in [2.24, 2.45) is 28.6 Å². The van der Waals surface area contributed by atoms with E-state index in [9.17, 15) is 14.9 Å². The fourth-order valence-electron chi connectivity index (χ4n) is 11.2. The van der Waals surface area contributed by atoms with Gasteiger partial charge in [-0.3, -0.25) is 14.5 Å². The van der Waals surface area contributed by atoms with Crippen molar-refractivity contribution in [3.63, 3.8) is 0 Å². The highest BCUT2D eigenvalue weighted by molar-refractivity contribution is 7.12. The second-order valence-corrected chi connectivity index (χ2v) is 14.0. The van der Waals surface area contributed by atoms with Gasteiger partial charge in [0.1, 0.15) is 6.54 Å². The van der Waals surface area contributed by atoms with Crippen LogP contribution in [-0.4, -0.2) is 23.3 Å². The Bertz CT molecular complexity index is 1190. The molecule has 0 N–H and O–H groups in total. The molecule has 2 amide bonds. The van der Waals surface area contributed by atoms with Gasteiger partial charge in [0.05, 0.1) is 12.0 Å². The number of imide groups is 1. The van der Waals surface area contributed by atoms with E-state index in [1.165, 1.54) is 90.8 Å². The van der Waals surface area contributed by atoms with Gasteiger partial charge in [0.2, 0.25) is 5.91 Å². The predicted molar refractivity (Wildman–Crippen MR) is 130 cm³/mol. The number of hydrogen-bond acceptors (Lipinski definition) is 4. The van der Waals surface area contributed by atoms with Crippen LogP contribution in [0.2, 0.25) is 0 Å². The largest absolute Gasteiger partial charge is 0.274 e. The van der Waals surface area contributed by atoms with Crippen molar-refractivity contribution in [1.29, 1.82) is 5.26 Å². The van der Waals surface area contributed by atoms with Crippen molar-refractivity contribution >= 4 is 28.7 Å². The predicted octanol–water partition coefficient (Wildman–Crippen LogP) is 5.93. The average molecular weight is 473 g/mol. The topological polar surface area (TPSA) is 61.2 Å². The quantitative estimate of drug-likeness (QED) is 0.396. The van der Waals surface area contributed by atoms with Gasteiger partial charge in [0, 0.05) is 20.7 Å². The molecule has 0 aromatic carbocycles. The van der Waals surface area contributed by atoms with Crippen LogP contribution in [0, 0.1) is 39.9 Å². The maximum absolute atomic E-state index is 14.1. The van der Waals surface area contributed by atoms with E-state index in [-0.39, 0.29) is 40.5 Å². The van der Waals surface area contributed by atoms with E-state index < -0.39 is 0 Å². The third-order valence-corrected chi connectivity index (χ3v) is 13.0. The molecule has 10 aliphatic rings. The highest BCUT2D eigenvalue weighted by Crippen LogP contribution is 2.89. The highest BCUT2D eigenvalue weighted by atomic mass is 32.1. The summed E-state index contributed by atoms with van der Waals surface area (Å²) in [4.78, 5) is 32.1. The van der Waals surface area contributed by atoms with E-state index in [0.29, 0.717) is 5.92 Å². The van der Waals surface area contributed by atoms with Crippen LogP contribution in [-0.2, 0) is 15.0 Å². The molecule has 1 atom stereocenters. The molecular formula is C29H32N2O2S. The lowest BCUT2D eigenvalue weighted by molar-refractivity contribution is -0.308. The zero-order chi connectivity index (χ0) is 23.0. The number of allylic oxidation sites excluding steroid dienone is 1. The summed E-state index contributed by atoms with van der Waals surface area (Å²) < 4.78 is 0. The van der Waals surface area contributed by atoms with E-state index in [0.717, 1.165) is 23.0 Å². The molecule has 8 saturated carbocycles. The Morgan fingerprint density at radius 3 is 2.41 bits per heavy atom. The lowest BCUT2D eigenvalue weighted by atomic mass is 9.19. The summed E-state index contributed by atoms with van der Waals surface area (Å²) in [7, 11) is 0. The van der Waals surface area contributed by atoms with E-state index in [1.54, 1.807) is 0 Å². The van der Waals surface area contributed by atoms with Gasteiger partial charge in [-0.05, 0) is 104 Å². The SMILES string of the molecule is CC1=C2C(=O)N(CC#N)C(=O)C2C2(c3sc(C4CCCCC4)cc31)C13CC4CC(C1)CC2(C4)C3. The molecular weight excluding hydrogens is 440 g/mol. The molecule has 2 heterocycles. The van der Waals surface area contributed by atoms with Crippen molar-refractivity contribution in [3.8, 4) is 6.07 Å². The monoisotopic (exact) mass is 472 g/mol. The number of rotatable bonds is 2. The van der Waals surface area contributed by atoms with E-state index >= 15 is 0 Å². The van der Waals surface area contributed by atoms with Crippen LogP contribution in [0.15, 0.2) is 11.6 Å². The first-order chi connectivity index (χ1) is 16.4. The van der Waals surface area contributed by atoms with Gasteiger partial charge in [-0.2, -0.15) is 5.26 Å². The van der Waals surface area contributed by atoms with Crippen molar-refractivity contribution < 1.29 is 9.59 Å². The summed E-state index contributed by atoms with van der Waals surface area (Å²) in [6.07, 6.45) is 14.1. The van der Waals surface area contributed by atoms with E-state index in [4.69, 9.17) is 0 Å². The number of thiophene rings is 1. The first-order valence-corrected chi connectivity index (χ1v) is 14.3. The van der Waals surface area contributed by atoms with Crippen LogP contribution in [0.5, 0.6) is 0 Å². The summed E-state index contributed by atoms with van der Waals surface area (Å²) in [5.74, 6) is 1.67. The molecule has 9 fully saturated rings. The fraction of sp³-hybridized carbons (Fsp3) is 0.690. The third kappa shape index (κ3) is 1.99. The van der Waals surface area contributed by atoms with Gasteiger partial charge in [0.25, 0.3) is 5.91 Å². The van der Waals surface area contributed by atoms with Gasteiger partial charge in [-0.25, -0.2) is 0 Å². The number of amides is 2. The molecule has 176 valence electrons. The molecule has 9 aliphatic carbocycles. The van der Waals surface area contributed by atoms with Crippen LogP contribution in [0.3, 0.4) is 0 Å². The Labute approximate surface area is 205 Å². The number of nitriles is 1. The molecule has 1 saturated heterocycles. The molecule has 34 heavy (non-hydrogen) atoms. The summed E-state index contributed by atoms with van der Waals surface area (Å²) in [6, 6.07) is 4.54. The molecule has 1 aromatic heterocycles. The minimum absolute atomic E-state index is 0.0647. The summed E-state index contributed by atoms with van der Waals surface area (Å²) in [5, 5.41) is 9.43. The number of carbonyl (C=O) groups is 2. The Morgan fingerprint density at radius 2 is 1.76 bits per heavy atom. The maximum Gasteiger partial charge on any atom is 0.258 e. The van der Waals surface area contributed by atoms with Gasteiger partial charge in [-0.15, -0.1) is 11.3 Å². The Balaban J connectivity index is 1.39. The van der Waals surface area contributed by atoms with E-state index in [2.05, 4.69) is 19.1 Å². The lowest BCUT2D eigenvalue weighted by Crippen LogP contribution is -2.81. The maximum atomic E-state index is 14.1. The normalized spacial score (nSPS) is 43.9. The molecule has 1 aliphatic heterocycles. The zero-order valence-electron chi connectivity index (χ0n) is 20.0. The van der Waals surface area contributed by atoms with Crippen LogP contribution >= 0.6 is 11.3 Å². The number of fused-ring (bicyclic) bond motifs is 2. The van der Waals surface area contributed by atoms with Crippen molar-refractivity contribution in [2.75, 3.05) is 6.54 Å². The molecule has 1 aromatic rings. The minimum atomic E-state index is -0.354. The number of likely N-dealkylation sites (tertiary alicyclic amines) is 1. The molecule has 5 heteroatoms. The van der Waals surface area contributed by atoms with Crippen LogP contribution in [0.25, 0.3) is 5.57 Å². The van der Waals surface area contributed by atoms with Gasteiger partial charge in [0.15, 0.2) is 0 Å². The number of carbonyl (C=O) groups excluding carboxylic acids is 2. The van der Waals surface area contributed by atoms with Crippen molar-refractivity contribution in [1.82, 2.24) is 4.90 Å². The van der Waals surface area contributed by atoms with Gasteiger partial charge < -0.3 is 0 Å².